The lowest BCUT2D eigenvalue weighted by Crippen LogP contribution is -2.40. The van der Waals surface area contributed by atoms with Crippen LogP contribution in [0.1, 0.15) is 10.5 Å². The van der Waals surface area contributed by atoms with Crippen LogP contribution in [-0.2, 0) is 4.74 Å². The van der Waals surface area contributed by atoms with Gasteiger partial charge >= 0.3 is 0 Å². The van der Waals surface area contributed by atoms with Crippen LogP contribution in [0.3, 0.4) is 0 Å². The standard InChI is InChI=1S/C17H16N4O2/c22-17(20-8-10-23-11-9-20)14-12-21-7-6-18-15(16(21)19-14)13-4-2-1-3-5-13/h1-7,12H,8-11H2. The van der Waals surface area contributed by atoms with Gasteiger partial charge in [-0.25, -0.2) is 4.98 Å². The normalized spacial score (nSPS) is 15.0. The fourth-order valence-electron chi connectivity index (χ4n) is 2.75. The Morgan fingerprint density at radius 3 is 2.70 bits per heavy atom. The first-order valence-corrected chi connectivity index (χ1v) is 7.59. The number of hydrogen-bond donors (Lipinski definition) is 0. The zero-order chi connectivity index (χ0) is 15.6. The van der Waals surface area contributed by atoms with Crippen LogP contribution in [0.2, 0.25) is 0 Å². The molecule has 1 fully saturated rings. The third kappa shape index (κ3) is 2.57. The van der Waals surface area contributed by atoms with Crippen LogP contribution in [0.25, 0.3) is 16.9 Å². The van der Waals surface area contributed by atoms with Crippen LogP contribution in [0.15, 0.2) is 48.9 Å². The Morgan fingerprint density at radius 2 is 1.91 bits per heavy atom. The predicted octanol–water partition coefficient (Wildman–Crippen LogP) is 1.87. The number of imidazole rings is 1. The van der Waals surface area contributed by atoms with E-state index in [0.29, 0.717) is 37.6 Å². The first-order valence-electron chi connectivity index (χ1n) is 7.59. The third-order valence-corrected chi connectivity index (χ3v) is 3.94. The number of morpholine rings is 1. The quantitative estimate of drug-likeness (QED) is 0.725. The Labute approximate surface area is 133 Å². The molecule has 0 atom stereocenters. The van der Waals surface area contributed by atoms with E-state index in [2.05, 4.69) is 9.97 Å². The topological polar surface area (TPSA) is 59.7 Å². The molecule has 0 saturated carbocycles. The van der Waals surface area contributed by atoms with Gasteiger partial charge in [-0.1, -0.05) is 30.3 Å². The maximum Gasteiger partial charge on any atom is 0.274 e. The summed E-state index contributed by atoms with van der Waals surface area (Å²) in [5, 5.41) is 0. The van der Waals surface area contributed by atoms with Gasteiger partial charge in [-0.15, -0.1) is 0 Å². The zero-order valence-electron chi connectivity index (χ0n) is 12.6. The van der Waals surface area contributed by atoms with Gasteiger partial charge in [0.1, 0.15) is 11.4 Å². The number of carbonyl (C=O) groups excluding carboxylic acids is 1. The molecule has 2 aromatic heterocycles. The summed E-state index contributed by atoms with van der Waals surface area (Å²) in [5.74, 6) is -0.0592. The molecular weight excluding hydrogens is 292 g/mol. The largest absolute Gasteiger partial charge is 0.378 e. The molecular formula is C17H16N4O2. The second-order valence-corrected chi connectivity index (χ2v) is 5.40. The van der Waals surface area contributed by atoms with Crippen LogP contribution in [0, 0.1) is 0 Å². The number of aromatic nitrogens is 3. The van der Waals surface area contributed by atoms with Gasteiger partial charge in [-0.3, -0.25) is 9.78 Å². The summed E-state index contributed by atoms with van der Waals surface area (Å²) in [6.45, 7) is 2.37. The van der Waals surface area contributed by atoms with Crippen LogP contribution >= 0.6 is 0 Å². The number of nitrogens with zero attached hydrogens (tertiary/aromatic N) is 4. The first kappa shape index (κ1) is 13.9. The number of hydrogen-bond acceptors (Lipinski definition) is 4. The van der Waals surface area contributed by atoms with E-state index in [1.165, 1.54) is 0 Å². The summed E-state index contributed by atoms with van der Waals surface area (Å²) in [4.78, 5) is 23.3. The lowest BCUT2D eigenvalue weighted by molar-refractivity contribution is 0.0299. The minimum atomic E-state index is -0.0592. The molecule has 0 bridgehead atoms. The Bertz CT molecular complexity index is 838. The summed E-state index contributed by atoms with van der Waals surface area (Å²) in [7, 11) is 0. The Balaban J connectivity index is 1.75. The second kappa shape index (κ2) is 5.81. The molecule has 1 aromatic carbocycles. The van der Waals surface area contributed by atoms with Crippen molar-refractivity contribution in [2.24, 2.45) is 0 Å². The molecule has 0 unspecified atom stereocenters. The van der Waals surface area contributed by atoms with Crippen molar-refractivity contribution in [2.45, 2.75) is 0 Å². The fourth-order valence-corrected chi connectivity index (χ4v) is 2.75. The summed E-state index contributed by atoms with van der Waals surface area (Å²) < 4.78 is 7.14. The van der Waals surface area contributed by atoms with Gasteiger partial charge in [0.05, 0.1) is 13.2 Å². The highest BCUT2D eigenvalue weighted by Gasteiger charge is 2.21. The van der Waals surface area contributed by atoms with Crippen molar-refractivity contribution in [3.05, 3.63) is 54.6 Å². The number of amides is 1. The van der Waals surface area contributed by atoms with E-state index in [1.807, 2.05) is 40.9 Å². The zero-order valence-corrected chi connectivity index (χ0v) is 12.6. The molecule has 0 aliphatic carbocycles. The average Bonchev–Trinajstić information content (AvgIpc) is 3.06. The number of benzene rings is 1. The molecule has 1 amide bonds. The Hall–Kier alpha value is -2.73. The fraction of sp³-hybridized carbons (Fsp3) is 0.235. The molecule has 116 valence electrons. The Kier molecular flexibility index (Phi) is 3.51. The molecule has 3 heterocycles. The van der Waals surface area contributed by atoms with E-state index in [1.54, 1.807) is 17.3 Å². The van der Waals surface area contributed by atoms with E-state index < -0.39 is 0 Å². The van der Waals surface area contributed by atoms with Crippen molar-refractivity contribution in [3.63, 3.8) is 0 Å². The van der Waals surface area contributed by atoms with Crippen molar-refractivity contribution in [3.8, 4) is 11.3 Å². The van der Waals surface area contributed by atoms with Crippen LogP contribution in [-0.4, -0.2) is 51.5 Å². The molecule has 6 heteroatoms. The van der Waals surface area contributed by atoms with Gasteiger partial charge in [0.25, 0.3) is 5.91 Å². The SMILES string of the molecule is O=C(c1cn2ccnc(-c3ccccc3)c2n1)N1CCOCC1. The van der Waals surface area contributed by atoms with Gasteiger partial charge in [-0.05, 0) is 0 Å². The van der Waals surface area contributed by atoms with E-state index in [0.717, 1.165) is 11.3 Å². The third-order valence-electron chi connectivity index (χ3n) is 3.94. The van der Waals surface area contributed by atoms with Gasteiger partial charge < -0.3 is 14.0 Å². The smallest absolute Gasteiger partial charge is 0.274 e. The summed E-state index contributed by atoms with van der Waals surface area (Å²) in [6.07, 6.45) is 5.30. The highest BCUT2D eigenvalue weighted by molar-refractivity contribution is 5.93. The minimum absolute atomic E-state index is 0.0592. The average molecular weight is 308 g/mol. The lowest BCUT2D eigenvalue weighted by Gasteiger charge is -2.25. The molecule has 1 saturated heterocycles. The molecule has 0 N–H and O–H groups in total. The number of carbonyl (C=O) groups is 1. The minimum Gasteiger partial charge on any atom is -0.378 e. The van der Waals surface area contributed by atoms with Gasteiger partial charge in [-0.2, -0.15) is 0 Å². The van der Waals surface area contributed by atoms with Crippen molar-refractivity contribution in [1.29, 1.82) is 0 Å². The second-order valence-electron chi connectivity index (χ2n) is 5.40. The van der Waals surface area contributed by atoms with Gasteiger partial charge in [0.15, 0.2) is 5.65 Å². The van der Waals surface area contributed by atoms with Crippen molar-refractivity contribution in [1.82, 2.24) is 19.3 Å². The lowest BCUT2D eigenvalue weighted by atomic mass is 10.1. The van der Waals surface area contributed by atoms with Crippen molar-refractivity contribution >= 4 is 11.6 Å². The molecule has 1 aliphatic rings. The predicted molar refractivity (Wildman–Crippen MR) is 85.1 cm³/mol. The van der Waals surface area contributed by atoms with E-state index in [4.69, 9.17) is 4.74 Å². The summed E-state index contributed by atoms with van der Waals surface area (Å²) in [5.41, 5.74) is 2.88. The number of fused-ring (bicyclic) bond motifs is 1. The maximum absolute atomic E-state index is 12.6. The van der Waals surface area contributed by atoms with Gasteiger partial charge in [0, 0.05) is 37.2 Å². The van der Waals surface area contributed by atoms with Gasteiger partial charge in [0.2, 0.25) is 0 Å². The molecule has 6 nitrogen and oxygen atoms in total. The van der Waals surface area contributed by atoms with Crippen LogP contribution in [0.5, 0.6) is 0 Å². The summed E-state index contributed by atoms with van der Waals surface area (Å²) >= 11 is 0. The first-order chi connectivity index (χ1) is 11.3. The maximum atomic E-state index is 12.6. The molecule has 0 spiro atoms. The highest BCUT2D eigenvalue weighted by atomic mass is 16.5. The van der Waals surface area contributed by atoms with E-state index >= 15 is 0 Å². The van der Waals surface area contributed by atoms with E-state index in [-0.39, 0.29) is 5.91 Å². The number of rotatable bonds is 2. The molecule has 3 aromatic rings. The molecule has 23 heavy (non-hydrogen) atoms. The highest BCUT2D eigenvalue weighted by Crippen LogP contribution is 2.21. The molecule has 4 rings (SSSR count). The van der Waals surface area contributed by atoms with E-state index in [9.17, 15) is 4.79 Å². The molecule has 0 radical (unpaired) electrons. The van der Waals surface area contributed by atoms with Crippen LogP contribution < -0.4 is 0 Å². The Morgan fingerprint density at radius 1 is 1.13 bits per heavy atom. The van der Waals surface area contributed by atoms with Crippen molar-refractivity contribution in [2.75, 3.05) is 26.3 Å². The number of ether oxygens (including phenoxy) is 1. The summed E-state index contributed by atoms with van der Waals surface area (Å²) in [6, 6.07) is 9.86. The monoisotopic (exact) mass is 308 g/mol. The van der Waals surface area contributed by atoms with Crippen LogP contribution in [0.4, 0.5) is 0 Å². The van der Waals surface area contributed by atoms with Crippen molar-refractivity contribution < 1.29 is 9.53 Å². The molecule has 1 aliphatic heterocycles.